The van der Waals surface area contributed by atoms with Gasteiger partial charge in [0, 0.05) is 6.54 Å². The second-order valence-electron chi connectivity index (χ2n) is 6.50. The Hall–Kier alpha value is -3.35. The summed E-state index contributed by atoms with van der Waals surface area (Å²) < 4.78 is 12.5. The van der Waals surface area contributed by atoms with Crippen LogP contribution in [0.4, 0.5) is 0 Å². The molecule has 0 saturated heterocycles. The summed E-state index contributed by atoms with van der Waals surface area (Å²) in [6, 6.07) is 11.6. The van der Waals surface area contributed by atoms with Gasteiger partial charge >= 0.3 is 0 Å². The average molecular weight is 380 g/mol. The summed E-state index contributed by atoms with van der Waals surface area (Å²) in [5, 5.41) is 10.9. The summed E-state index contributed by atoms with van der Waals surface area (Å²) in [6.45, 7) is 6.83. The van der Waals surface area contributed by atoms with E-state index in [0.717, 1.165) is 22.4 Å². The first kappa shape index (κ1) is 19.4. The smallest absolute Gasteiger partial charge is 0.273 e. The molecule has 0 bridgehead atoms. The highest BCUT2D eigenvalue weighted by molar-refractivity contribution is 5.91. The van der Waals surface area contributed by atoms with Gasteiger partial charge in [0.15, 0.2) is 17.2 Å². The fourth-order valence-electron chi connectivity index (χ4n) is 2.95. The van der Waals surface area contributed by atoms with Crippen LogP contribution >= 0.6 is 0 Å². The molecule has 146 valence electrons. The van der Waals surface area contributed by atoms with Gasteiger partial charge in [-0.3, -0.25) is 4.79 Å². The van der Waals surface area contributed by atoms with Crippen molar-refractivity contribution in [3.63, 3.8) is 0 Å². The number of rotatable bonds is 7. The van der Waals surface area contributed by atoms with E-state index in [1.54, 1.807) is 18.0 Å². The van der Waals surface area contributed by atoms with Crippen LogP contribution in [0.3, 0.4) is 0 Å². The van der Waals surface area contributed by atoms with Crippen LogP contribution in [0.1, 0.15) is 34.1 Å². The molecule has 0 aliphatic rings. The molecule has 0 saturated carbocycles. The van der Waals surface area contributed by atoms with Gasteiger partial charge in [-0.25, -0.2) is 4.68 Å². The minimum absolute atomic E-state index is 0.262. The Bertz CT molecular complexity index is 961. The number of carbonyl (C=O) groups excluding carboxylic acids is 1. The molecule has 0 fully saturated rings. The first-order chi connectivity index (χ1) is 13.5. The van der Waals surface area contributed by atoms with Gasteiger partial charge in [-0.05, 0) is 61.7 Å². The first-order valence-electron chi connectivity index (χ1n) is 9.09. The van der Waals surface area contributed by atoms with E-state index < -0.39 is 0 Å². The first-order valence-corrected chi connectivity index (χ1v) is 9.09. The molecular formula is C21H24N4O3. The van der Waals surface area contributed by atoms with Crippen LogP contribution in [0.5, 0.6) is 11.5 Å². The van der Waals surface area contributed by atoms with E-state index in [-0.39, 0.29) is 11.6 Å². The Morgan fingerprint density at radius 3 is 2.54 bits per heavy atom. The molecule has 28 heavy (non-hydrogen) atoms. The molecule has 0 unspecified atom stereocenters. The standard InChI is InChI=1S/C21H24N4O3/c1-5-28-20-11-16(6-7-19(20)27-4)12-22-21(26)18-13-25(24-23-18)17-9-14(2)8-15(3)10-17/h6-11,13H,5,12H2,1-4H3,(H,22,26). The van der Waals surface area contributed by atoms with Crippen molar-refractivity contribution in [3.05, 3.63) is 65.0 Å². The predicted molar refractivity (Wildman–Crippen MR) is 106 cm³/mol. The molecule has 0 aliphatic heterocycles. The van der Waals surface area contributed by atoms with Crippen LogP contribution in [0.25, 0.3) is 5.69 Å². The number of hydrogen-bond donors (Lipinski definition) is 1. The van der Waals surface area contributed by atoms with E-state index in [0.29, 0.717) is 24.7 Å². The second-order valence-corrected chi connectivity index (χ2v) is 6.50. The molecule has 2 aromatic carbocycles. The summed E-state index contributed by atoms with van der Waals surface area (Å²) >= 11 is 0. The lowest BCUT2D eigenvalue weighted by Crippen LogP contribution is -2.23. The summed E-state index contributed by atoms with van der Waals surface area (Å²) in [5.41, 5.74) is 4.29. The zero-order chi connectivity index (χ0) is 20.1. The predicted octanol–water partition coefficient (Wildman–Crippen LogP) is 3.22. The molecule has 0 spiro atoms. The number of aryl methyl sites for hydroxylation is 2. The lowest BCUT2D eigenvalue weighted by molar-refractivity contribution is 0.0945. The fraction of sp³-hybridized carbons (Fsp3) is 0.286. The number of methoxy groups -OCH3 is 1. The van der Waals surface area contributed by atoms with Crippen LogP contribution < -0.4 is 14.8 Å². The van der Waals surface area contributed by atoms with Crippen molar-refractivity contribution in [1.82, 2.24) is 20.3 Å². The molecule has 3 rings (SSSR count). The largest absolute Gasteiger partial charge is 0.493 e. The van der Waals surface area contributed by atoms with E-state index in [1.807, 2.05) is 51.1 Å². The summed E-state index contributed by atoms with van der Waals surface area (Å²) in [5.74, 6) is 1.02. The monoisotopic (exact) mass is 380 g/mol. The minimum atomic E-state index is -0.288. The highest BCUT2D eigenvalue weighted by atomic mass is 16.5. The van der Waals surface area contributed by atoms with Crippen LogP contribution in [0, 0.1) is 13.8 Å². The van der Waals surface area contributed by atoms with Crippen molar-refractivity contribution in [2.24, 2.45) is 0 Å². The lowest BCUT2D eigenvalue weighted by Gasteiger charge is -2.11. The van der Waals surface area contributed by atoms with Crippen molar-refractivity contribution < 1.29 is 14.3 Å². The van der Waals surface area contributed by atoms with Crippen LogP contribution in [0.2, 0.25) is 0 Å². The molecule has 1 N–H and O–H groups in total. The average Bonchev–Trinajstić information content (AvgIpc) is 3.16. The van der Waals surface area contributed by atoms with E-state index in [1.165, 1.54) is 0 Å². The van der Waals surface area contributed by atoms with Gasteiger partial charge in [0.25, 0.3) is 5.91 Å². The maximum atomic E-state index is 12.4. The quantitative estimate of drug-likeness (QED) is 0.681. The molecular weight excluding hydrogens is 356 g/mol. The van der Waals surface area contributed by atoms with Gasteiger partial charge in [-0.1, -0.05) is 17.3 Å². The van der Waals surface area contributed by atoms with Gasteiger partial charge in [-0.2, -0.15) is 0 Å². The maximum Gasteiger partial charge on any atom is 0.273 e. The highest BCUT2D eigenvalue weighted by Gasteiger charge is 2.13. The Kier molecular flexibility index (Phi) is 5.93. The third-order valence-corrected chi connectivity index (χ3v) is 4.18. The van der Waals surface area contributed by atoms with E-state index in [9.17, 15) is 4.79 Å². The SMILES string of the molecule is CCOc1cc(CNC(=O)c2cn(-c3cc(C)cc(C)c3)nn2)ccc1OC. The third-order valence-electron chi connectivity index (χ3n) is 4.18. The normalized spacial score (nSPS) is 10.6. The number of hydrogen-bond acceptors (Lipinski definition) is 5. The number of carbonyl (C=O) groups is 1. The minimum Gasteiger partial charge on any atom is -0.493 e. The lowest BCUT2D eigenvalue weighted by atomic mass is 10.1. The Morgan fingerprint density at radius 1 is 1.11 bits per heavy atom. The molecule has 7 heteroatoms. The van der Waals surface area contributed by atoms with Gasteiger partial charge in [-0.15, -0.1) is 5.10 Å². The van der Waals surface area contributed by atoms with E-state index >= 15 is 0 Å². The number of amides is 1. The van der Waals surface area contributed by atoms with Crippen molar-refractivity contribution in [1.29, 1.82) is 0 Å². The molecule has 3 aromatic rings. The van der Waals surface area contributed by atoms with Crippen molar-refractivity contribution in [2.75, 3.05) is 13.7 Å². The Labute approximate surface area is 164 Å². The molecule has 1 amide bonds. The van der Waals surface area contributed by atoms with Crippen LogP contribution in [-0.4, -0.2) is 34.6 Å². The number of benzene rings is 2. The number of nitrogens with zero attached hydrogens (tertiary/aromatic N) is 3. The third kappa shape index (κ3) is 4.49. The van der Waals surface area contributed by atoms with Gasteiger partial charge < -0.3 is 14.8 Å². The number of ether oxygens (including phenoxy) is 2. The van der Waals surface area contributed by atoms with Crippen molar-refractivity contribution >= 4 is 5.91 Å². The van der Waals surface area contributed by atoms with Gasteiger partial charge in [0.2, 0.25) is 0 Å². The van der Waals surface area contributed by atoms with E-state index in [2.05, 4.69) is 21.7 Å². The van der Waals surface area contributed by atoms with Gasteiger partial charge in [0.1, 0.15) is 0 Å². The van der Waals surface area contributed by atoms with Crippen molar-refractivity contribution in [3.8, 4) is 17.2 Å². The number of aromatic nitrogens is 3. The zero-order valence-electron chi connectivity index (χ0n) is 16.5. The molecule has 1 aromatic heterocycles. The fourth-order valence-corrected chi connectivity index (χ4v) is 2.95. The molecule has 0 atom stereocenters. The second kappa shape index (κ2) is 8.56. The highest BCUT2D eigenvalue weighted by Crippen LogP contribution is 2.28. The van der Waals surface area contributed by atoms with Gasteiger partial charge in [0.05, 0.1) is 25.6 Å². The molecule has 7 nitrogen and oxygen atoms in total. The topological polar surface area (TPSA) is 78.3 Å². The summed E-state index contributed by atoms with van der Waals surface area (Å²) in [4.78, 5) is 12.4. The Morgan fingerprint density at radius 2 is 1.86 bits per heavy atom. The van der Waals surface area contributed by atoms with Crippen LogP contribution in [-0.2, 0) is 6.54 Å². The van der Waals surface area contributed by atoms with Crippen molar-refractivity contribution in [2.45, 2.75) is 27.3 Å². The maximum absolute atomic E-state index is 12.4. The van der Waals surface area contributed by atoms with Crippen LogP contribution in [0.15, 0.2) is 42.6 Å². The zero-order valence-corrected chi connectivity index (χ0v) is 16.5. The van der Waals surface area contributed by atoms with E-state index in [4.69, 9.17) is 9.47 Å². The number of nitrogens with one attached hydrogen (secondary N) is 1. The molecule has 0 radical (unpaired) electrons. The Balaban J connectivity index is 1.69. The summed E-state index contributed by atoms with van der Waals surface area (Å²) in [7, 11) is 1.60. The molecule has 1 heterocycles. The molecule has 0 aliphatic carbocycles. The summed E-state index contributed by atoms with van der Waals surface area (Å²) in [6.07, 6.45) is 1.63.